The Kier molecular flexibility index (Phi) is 8.45. The number of hydrogen-bond acceptors (Lipinski definition) is 6. The average molecular weight is 582 g/mol. The van der Waals surface area contributed by atoms with Crippen molar-refractivity contribution in [3.63, 3.8) is 0 Å². The fourth-order valence-electron chi connectivity index (χ4n) is 4.48. The molecule has 7 nitrogen and oxygen atoms in total. The quantitative estimate of drug-likeness (QED) is 0.391. The molecule has 1 saturated carbocycles. The van der Waals surface area contributed by atoms with Gasteiger partial charge in [-0.05, 0) is 68.1 Å². The van der Waals surface area contributed by atoms with E-state index in [1.165, 1.54) is 23.5 Å². The Morgan fingerprint density at radius 2 is 1.80 bits per heavy atom. The van der Waals surface area contributed by atoms with Crippen LogP contribution >= 0.6 is 11.3 Å². The van der Waals surface area contributed by atoms with Crippen LogP contribution in [0.4, 0.5) is 24.0 Å². The zero-order chi connectivity index (χ0) is 29.1. The van der Waals surface area contributed by atoms with Crippen LogP contribution in [0.1, 0.15) is 50.3 Å². The lowest BCUT2D eigenvalue weighted by molar-refractivity contribution is -0.138. The van der Waals surface area contributed by atoms with E-state index in [0.29, 0.717) is 28.7 Å². The maximum atomic E-state index is 13.9. The molecule has 1 aliphatic carbocycles. The van der Waals surface area contributed by atoms with E-state index in [4.69, 9.17) is 0 Å². The molecule has 0 unspecified atom stereocenters. The number of carbonyl (C=O) groups excluding carboxylic acids is 2. The minimum atomic E-state index is -4.55. The predicted octanol–water partition coefficient (Wildman–Crippen LogP) is 5.22. The van der Waals surface area contributed by atoms with Gasteiger partial charge >= 0.3 is 6.18 Å². The lowest BCUT2D eigenvalue weighted by Gasteiger charge is -2.33. The van der Waals surface area contributed by atoms with E-state index in [-0.39, 0.29) is 35.2 Å². The van der Waals surface area contributed by atoms with Crippen molar-refractivity contribution in [1.82, 2.24) is 14.8 Å². The second-order valence-electron chi connectivity index (χ2n) is 10.5. The number of nitrogens with one attached hydrogen (secondary N) is 2. The van der Waals surface area contributed by atoms with Crippen LogP contribution in [-0.2, 0) is 17.5 Å². The second-order valence-corrected chi connectivity index (χ2v) is 11.5. The SMILES string of the molecule is Cc1ccc(C(=O)Nc2ccc(CN3CCN(C)CC3)c(C(F)(F)F)c2)cc1C#Cc1cnc(NC(=O)C2CC2)s1. The van der Waals surface area contributed by atoms with Gasteiger partial charge in [0.15, 0.2) is 5.13 Å². The van der Waals surface area contributed by atoms with Gasteiger partial charge in [-0.15, -0.1) is 0 Å². The smallest absolute Gasteiger partial charge is 0.322 e. The Bertz CT molecular complexity index is 1510. The third-order valence-electron chi connectivity index (χ3n) is 7.17. The molecule has 41 heavy (non-hydrogen) atoms. The summed E-state index contributed by atoms with van der Waals surface area (Å²) in [5.41, 5.74) is 1.23. The molecule has 214 valence electrons. The van der Waals surface area contributed by atoms with Crippen molar-refractivity contribution in [3.8, 4) is 11.8 Å². The number of thiazole rings is 1. The standard InChI is InChI=1S/C30H30F3N5O2S/c1-19-3-4-22(15-21(19)8-10-25-17-34-29(41-25)36-27(39)20-5-6-20)28(40)35-24-9-7-23(26(16-24)30(31,32)33)18-38-13-11-37(2)12-14-38/h3-4,7,9,15-17,20H,5-6,11-14,18H2,1-2H3,(H,35,40)(H,34,36,39). The average Bonchev–Trinajstić information content (AvgIpc) is 3.70. The number of carbonyl (C=O) groups is 2. The van der Waals surface area contributed by atoms with Gasteiger partial charge < -0.3 is 15.5 Å². The summed E-state index contributed by atoms with van der Waals surface area (Å²) in [5.74, 6) is 5.57. The largest absolute Gasteiger partial charge is 0.416 e. The number of halogens is 3. The van der Waals surface area contributed by atoms with Crippen LogP contribution in [0, 0.1) is 24.7 Å². The second kappa shape index (κ2) is 12.0. The summed E-state index contributed by atoms with van der Waals surface area (Å²) in [6, 6.07) is 8.92. The molecule has 3 aromatic rings. The van der Waals surface area contributed by atoms with Crippen LogP contribution in [0.3, 0.4) is 0 Å². The highest BCUT2D eigenvalue weighted by molar-refractivity contribution is 7.16. The first kappa shape index (κ1) is 28.8. The maximum Gasteiger partial charge on any atom is 0.416 e. The summed E-state index contributed by atoms with van der Waals surface area (Å²) in [7, 11) is 1.99. The Morgan fingerprint density at radius 3 is 2.51 bits per heavy atom. The number of nitrogens with zero attached hydrogens (tertiary/aromatic N) is 3. The molecule has 2 heterocycles. The maximum absolute atomic E-state index is 13.9. The third kappa shape index (κ3) is 7.52. The van der Waals surface area contributed by atoms with Crippen molar-refractivity contribution in [2.45, 2.75) is 32.5 Å². The van der Waals surface area contributed by atoms with Gasteiger partial charge in [0.1, 0.15) is 0 Å². The summed E-state index contributed by atoms with van der Waals surface area (Å²) >= 11 is 1.27. The first-order valence-electron chi connectivity index (χ1n) is 13.4. The van der Waals surface area contributed by atoms with Gasteiger partial charge in [-0.3, -0.25) is 14.5 Å². The summed E-state index contributed by atoms with van der Waals surface area (Å²) in [6.45, 7) is 5.07. The van der Waals surface area contributed by atoms with E-state index in [2.05, 4.69) is 32.4 Å². The lowest BCUT2D eigenvalue weighted by atomic mass is 10.0. The minimum Gasteiger partial charge on any atom is -0.322 e. The van der Waals surface area contributed by atoms with Crippen LogP contribution in [0.15, 0.2) is 42.6 Å². The molecule has 2 aromatic carbocycles. The summed E-state index contributed by atoms with van der Waals surface area (Å²) in [4.78, 5) is 34.0. The Morgan fingerprint density at radius 1 is 1.05 bits per heavy atom. The number of aryl methyl sites for hydroxylation is 1. The number of anilines is 2. The van der Waals surface area contributed by atoms with Crippen LogP contribution in [0.25, 0.3) is 0 Å². The van der Waals surface area contributed by atoms with E-state index in [1.54, 1.807) is 24.4 Å². The highest BCUT2D eigenvalue weighted by Gasteiger charge is 2.34. The molecule has 0 spiro atoms. The van der Waals surface area contributed by atoms with Crippen molar-refractivity contribution in [3.05, 3.63) is 75.3 Å². The molecule has 1 aliphatic heterocycles. The summed E-state index contributed by atoms with van der Waals surface area (Å²) < 4.78 is 41.8. The van der Waals surface area contributed by atoms with Crippen LogP contribution in [0.5, 0.6) is 0 Å². The van der Waals surface area contributed by atoms with E-state index < -0.39 is 17.6 Å². The first-order valence-corrected chi connectivity index (χ1v) is 14.2. The number of likely N-dealkylation sites (N-methyl/N-ethyl adjacent to an activating group) is 1. The lowest BCUT2D eigenvalue weighted by Crippen LogP contribution is -2.44. The topological polar surface area (TPSA) is 77.6 Å². The molecular weight excluding hydrogens is 551 g/mol. The highest BCUT2D eigenvalue weighted by Crippen LogP contribution is 2.35. The highest BCUT2D eigenvalue weighted by atomic mass is 32.1. The van der Waals surface area contributed by atoms with Gasteiger partial charge in [-0.25, -0.2) is 4.98 Å². The third-order valence-corrected chi connectivity index (χ3v) is 8.00. The van der Waals surface area contributed by atoms with Crippen LogP contribution < -0.4 is 10.6 Å². The molecule has 2 amide bonds. The van der Waals surface area contributed by atoms with Crippen molar-refractivity contribution in [2.75, 3.05) is 43.9 Å². The summed E-state index contributed by atoms with van der Waals surface area (Å²) in [6.07, 6.45) is -1.16. The van der Waals surface area contributed by atoms with E-state index in [0.717, 1.165) is 37.6 Å². The van der Waals surface area contributed by atoms with Crippen LogP contribution in [-0.4, -0.2) is 59.8 Å². The number of piperazine rings is 1. The van der Waals surface area contributed by atoms with E-state index >= 15 is 0 Å². The van der Waals surface area contributed by atoms with Gasteiger partial charge in [-0.2, -0.15) is 13.2 Å². The number of aromatic nitrogens is 1. The van der Waals surface area contributed by atoms with E-state index in [9.17, 15) is 22.8 Å². The first-order chi connectivity index (χ1) is 19.5. The van der Waals surface area contributed by atoms with Crippen LogP contribution in [0.2, 0.25) is 0 Å². The molecule has 0 atom stereocenters. The number of benzene rings is 2. The zero-order valence-electron chi connectivity index (χ0n) is 22.8. The molecule has 2 fully saturated rings. The normalized spacial score (nSPS) is 16.1. The molecule has 5 rings (SSSR count). The number of amides is 2. The van der Waals surface area contributed by atoms with Crippen molar-refractivity contribution in [2.24, 2.45) is 5.92 Å². The minimum absolute atomic E-state index is 0.0274. The van der Waals surface area contributed by atoms with E-state index in [1.807, 2.05) is 18.9 Å². The fourth-order valence-corrected chi connectivity index (χ4v) is 5.15. The van der Waals surface area contributed by atoms with Gasteiger partial charge in [0, 0.05) is 55.5 Å². The Balaban J connectivity index is 1.28. The number of hydrogen-bond donors (Lipinski definition) is 2. The zero-order valence-corrected chi connectivity index (χ0v) is 23.6. The van der Waals surface area contributed by atoms with Crippen molar-refractivity contribution in [1.29, 1.82) is 0 Å². The number of rotatable bonds is 6. The van der Waals surface area contributed by atoms with Gasteiger partial charge in [-0.1, -0.05) is 29.4 Å². The molecular formula is C30H30F3N5O2S. The number of alkyl halides is 3. The molecule has 0 radical (unpaired) electrons. The molecule has 0 bridgehead atoms. The van der Waals surface area contributed by atoms with Crippen molar-refractivity contribution >= 4 is 34.0 Å². The molecule has 11 heteroatoms. The van der Waals surface area contributed by atoms with Gasteiger partial charge in [0.2, 0.25) is 5.91 Å². The monoisotopic (exact) mass is 581 g/mol. The Hall–Kier alpha value is -3.72. The molecule has 1 aromatic heterocycles. The molecule has 1 saturated heterocycles. The van der Waals surface area contributed by atoms with Crippen molar-refractivity contribution < 1.29 is 22.8 Å². The van der Waals surface area contributed by atoms with Gasteiger partial charge in [0.25, 0.3) is 5.91 Å². The van der Waals surface area contributed by atoms with Gasteiger partial charge in [0.05, 0.1) is 16.6 Å². The Labute approximate surface area is 240 Å². The predicted molar refractivity (Wildman–Crippen MR) is 153 cm³/mol. The summed E-state index contributed by atoms with van der Waals surface area (Å²) in [5, 5.41) is 5.89. The molecule has 2 N–H and O–H groups in total. The fraction of sp³-hybridized carbons (Fsp3) is 0.367. The molecule has 2 aliphatic rings.